The molecule has 0 saturated heterocycles. The predicted molar refractivity (Wildman–Crippen MR) is 84.6 cm³/mol. The van der Waals surface area contributed by atoms with Gasteiger partial charge in [-0.1, -0.05) is 44.9 Å². The van der Waals surface area contributed by atoms with Gasteiger partial charge in [-0.15, -0.1) is 0 Å². The molecule has 0 atom stereocenters. The topological polar surface area (TPSA) is 12.0 Å². The maximum atomic E-state index is 3.70. The Kier molecular flexibility index (Phi) is 4.54. The Bertz CT molecular complexity index is 383. The van der Waals surface area contributed by atoms with Crippen LogP contribution in [0.25, 0.3) is 0 Å². The van der Waals surface area contributed by atoms with Crippen LogP contribution in [0.4, 0.5) is 5.69 Å². The second kappa shape index (κ2) is 5.98. The first-order valence-electron chi connectivity index (χ1n) is 7.84. The van der Waals surface area contributed by atoms with E-state index in [0.29, 0.717) is 11.5 Å². The van der Waals surface area contributed by atoms with Gasteiger partial charge in [0.1, 0.15) is 0 Å². The largest absolute Gasteiger partial charge is 0.382 e. The van der Waals surface area contributed by atoms with Gasteiger partial charge >= 0.3 is 0 Å². The number of rotatable bonds is 4. The molecule has 1 aromatic carbocycles. The normalized spacial score (nSPS) is 24.2. The van der Waals surface area contributed by atoms with Gasteiger partial charge < -0.3 is 5.32 Å². The smallest absolute Gasteiger partial charge is 0.0342 e. The van der Waals surface area contributed by atoms with Gasteiger partial charge in [0.25, 0.3) is 0 Å². The second-order valence-electron chi connectivity index (χ2n) is 6.90. The third kappa shape index (κ3) is 3.75. The molecule has 1 aromatic rings. The quantitative estimate of drug-likeness (QED) is 0.763. The van der Waals surface area contributed by atoms with Crippen molar-refractivity contribution < 1.29 is 0 Å². The zero-order valence-corrected chi connectivity index (χ0v) is 13.0. The molecule has 1 aliphatic rings. The van der Waals surface area contributed by atoms with Crippen LogP contribution < -0.4 is 5.32 Å². The highest BCUT2D eigenvalue weighted by atomic mass is 14.9. The summed E-state index contributed by atoms with van der Waals surface area (Å²) in [6, 6.07) is 9.46. The van der Waals surface area contributed by atoms with Crippen LogP contribution in [0, 0.1) is 18.3 Å². The van der Waals surface area contributed by atoms with Gasteiger partial charge in [-0.3, -0.25) is 0 Å². The molecule has 0 heterocycles. The average molecular weight is 259 g/mol. The van der Waals surface area contributed by atoms with Crippen LogP contribution in [0.3, 0.4) is 0 Å². The van der Waals surface area contributed by atoms with Gasteiger partial charge in [0, 0.05) is 11.7 Å². The summed E-state index contributed by atoms with van der Waals surface area (Å²) in [7, 11) is 0. The van der Waals surface area contributed by atoms with Gasteiger partial charge in [0.05, 0.1) is 0 Å². The molecule has 1 heteroatoms. The Labute approximate surface area is 118 Å². The SMILES string of the molecule is CCC(C)(C)C1CCC(Nc2ccc(C)cc2)CC1. The molecule has 19 heavy (non-hydrogen) atoms. The van der Waals surface area contributed by atoms with E-state index in [-0.39, 0.29) is 0 Å². The molecule has 0 aliphatic heterocycles. The average Bonchev–Trinajstić information content (AvgIpc) is 2.42. The van der Waals surface area contributed by atoms with E-state index in [4.69, 9.17) is 0 Å². The fourth-order valence-electron chi connectivity index (χ4n) is 3.19. The second-order valence-corrected chi connectivity index (χ2v) is 6.90. The van der Waals surface area contributed by atoms with Crippen LogP contribution in [0.15, 0.2) is 24.3 Å². The number of aryl methyl sites for hydroxylation is 1. The fourth-order valence-corrected chi connectivity index (χ4v) is 3.19. The molecule has 0 aromatic heterocycles. The van der Waals surface area contributed by atoms with Gasteiger partial charge in [0.15, 0.2) is 0 Å². The van der Waals surface area contributed by atoms with Crippen molar-refractivity contribution in [1.29, 1.82) is 0 Å². The lowest BCUT2D eigenvalue weighted by Crippen LogP contribution is -2.32. The molecule has 1 nitrogen and oxygen atoms in total. The lowest BCUT2D eigenvalue weighted by Gasteiger charge is -2.39. The predicted octanol–water partition coefficient (Wildman–Crippen LogP) is 5.40. The van der Waals surface area contributed by atoms with Crippen LogP contribution in [-0.2, 0) is 0 Å². The zero-order valence-electron chi connectivity index (χ0n) is 13.0. The molecule has 0 unspecified atom stereocenters. The Morgan fingerprint density at radius 1 is 1.05 bits per heavy atom. The van der Waals surface area contributed by atoms with Crippen molar-refractivity contribution in [3.8, 4) is 0 Å². The highest BCUT2D eigenvalue weighted by Gasteiger charge is 2.31. The van der Waals surface area contributed by atoms with Crippen molar-refractivity contribution in [2.24, 2.45) is 11.3 Å². The van der Waals surface area contributed by atoms with Crippen LogP contribution in [0.2, 0.25) is 0 Å². The van der Waals surface area contributed by atoms with Crippen LogP contribution in [0.5, 0.6) is 0 Å². The van der Waals surface area contributed by atoms with E-state index in [0.717, 1.165) is 5.92 Å². The van der Waals surface area contributed by atoms with E-state index in [1.807, 2.05) is 0 Å². The minimum atomic E-state index is 0.523. The number of hydrogen-bond acceptors (Lipinski definition) is 1. The maximum Gasteiger partial charge on any atom is 0.0342 e. The van der Waals surface area contributed by atoms with Crippen molar-refractivity contribution in [3.05, 3.63) is 29.8 Å². The zero-order chi connectivity index (χ0) is 13.9. The molecule has 0 radical (unpaired) electrons. The van der Waals surface area contributed by atoms with E-state index in [2.05, 4.69) is 57.3 Å². The Morgan fingerprint density at radius 2 is 1.63 bits per heavy atom. The van der Waals surface area contributed by atoms with Gasteiger partial charge in [0.2, 0.25) is 0 Å². The fraction of sp³-hybridized carbons (Fsp3) is 0.667. The lowest BCUT2D eigenvalue weighted by molar-refractivity contribution is 0.147. The van der Waals surface area contributed by atoms with Gasteiger partial charge in [-0.25, -0.2) is 0 Å². The summed E-state index contributed by atoms with van der Waals surface area (Å²) in [6.07, 6.45) is 6.70. The molecule has 0 spiro atoms. The first-order valence-corrected chi connectivity index (χ1v) is 7.84. The molecule has 106 valence electrons. The first kappa shape index (κ1) is 14.4. The molecule has 0 bridgehead atoms. The Morgan fingerprint density at radius 3 is 2.16 bits per heavy atom. The van der Waals surface area contributed by atoms with Crippen molar-refractivity contribution in [1.82, 2.24) is 0 Å². The molecule has 1 fully saturated rings. The monoisotopic (exact) mass is 259 g/mol. The number of benzene rings is 1. The van der Waals surface area contributed by atoms with Crippen LogP contribution >= 0.6 is 0 Å². The molecular weight excluding hydrogens is 230 g/mol. The number of nitrogens with one attached hydrogen (secondary N) is 1. The maximum absolute atomic E-state index is 3.70. The van der Waals surface area contributed by atoms with Crippen LogP contribution in [0.1, 0.15) is 58.4 Å². The third-order valence-electron chi connectivity index (χ3n) is 5.17. The van der Waals surface area contributed by atoms with Crippen molar-refractivity contribution in [2.75, 3.05) is 5.32 Å². The van der Waals surface area contributed by atoms with Crippen molar-refractivity contribution >= 4 is 5.69 Å². The standard InChI is InChI=1S/C18H29N/c1-5-18(3,4)15-8-12-17(13-9-15)19-16-10-6-14(2)7-11-16/h6-7,10-11,15,17,19H,5,8-9,12-13H2,1-4H3. The summed E-state index contributed by atoms with van der Waals surface area (Å²) in [6.45, 7) is 9.34. The molecule has 0 amide bonds. The van der Waals surface area contributed by atoms with Gasteiger partial charge in [-0.2, -0.15) is 0 Å². The van der Waals surface area contributed by atoms with Crippen LogP contribution in [-0.4, -0.2) is 6.04 Å². The minimum absolute atomic E-state index is 0.523. The molecular formula is C18H29N. The van der Waals surface area contributed by atoms with Crippen molar-refractivity contribution in [3.63, 3.8) is 0 Å². The minimum Gasteiger partial charge on any atom is -0.382 e. The van der Waals surface area contributed by atoms with Gasteiger partial charge in [-0.05, 0) is 56.1 Å². The third-order valence-corrected chi connectivity index (χ3v) is 5.17. The van der Waals surface area contributed by atoms with E-state index >= 15 is 0 Å². The van der Waals surface area contributed by atoms with E-state index in [9.17, 15) is 0 Å². The van der Waals surface area contributed by atoms with E-state index < -0.39 is 0 Å². The lowest BCUT2D eigenvalue weighted by atomic mass is 9.69. The molecule has 1 aliphatic carbocycles. The Balaban J connectivity index is 1.85. The molecule has 1 saturated carbocycles. The van der Waals surface area contributed by atoms with E-state index in [1.54, 1.807) is 0 Å². The number of hydrogen-bond donors (Lipinski definition) is 1. The Hall–Kier alpha value is -0.980. The summed E-state index contributed by atoms with van der Waals surface area (Å²) < 4.78 is 0. The summed E-state index contributed by atoms with van der Waals surface area (Å²) >= 11 is 0. The first-order chi connectivity index (χ1) is 9.01. The summed E-state index contributed by atoms with van der Waals surface area (Å²) in [5.41, 5.74) is 3.14. The molecule has 2 rings (SSSR count). The van der Waals surface area contributed by atoms with E-state index in [1.165, 1.54) is 43.4 Å². The highest BCUT2D eigenvalue weighted by molar-refractivity contribution is 5.45. The highest BCUT2D eigenvalue weighted by Crippen LogP contribution is 2.40. The number of anilines is 1. The van der Waals surface area contributed by atoms with Crippen molar-refractivity contribution in [2.45, 2.75) is 65.8 Å². The summed E-state index contributed by atoms with van der Waals surface area (Å²) in [4.78, 5) is 0. The molecule has 1 N–H and O–H groups in total. The summed E-state index contributed by atoms with van der Waals surface area (Å²) in [5.74, 6) is 0.911. The summed E-state index contributed by atoms with van der Waals surface area (Å²) in [5, 5.41) is 3.70.